The molecule has 2 aromatic rings. The first-order valence-corrected chi connectivity index (χ1v) is 7.10. The zero-order valence-corrected chi connectivity index (χ0v) is 12.5. The van der Waals surface area contributed by atoms with Gasteiger partial charge >= 0.3 is 0 Å². The molecule has 2 aromatic carbocycles. The maximum Gasteiger partial charge on any atom is 0.119 e. The Morgan fingerprint density at radius 1 is 1.10 bits per heavy atom. The first kappa shape index (κ1) is 15.2. The molecule has 0 aliphatic heterocycles. The Balaban J connectivity index is 1.99. The molecule has 108 valence electrons. The molecule has 0 spiro atoms. The summed E-state index contributed by atoms with van der Waals surface area (Å²) >= 11 is 0. The highest BCUT2D eigenvalue weighted by molar-refractivity contribution is 5.37. The molecule has 0 bridgehead atoms. The summed E-state index contributed by atoms with van der Waals surface area (Å²) in [5.41, 5.74) is 3.26. The molecule has 0 unspecified atom stereocenters. The van der Waals surface area contributed by atoms with Crippen LogP contribution < -0.4 is 4.74 Å². The van der Waals surface area contributed by atoms with Gasteiger partial charge in [0.2, 0.25) is 0 Å². The van der Waals surface area contributed by atoms with Gasteiger partial charge in [-0.1, -0.05) is 50.0 Å². The van der Waals surface area contributed by atoms with E-state index in [1.165, 1.54) is 5.56 Å². The van der Waals surface area contributed by atoms with Crippen molar-refractivity contribution in [3.05, 3.63) is 65.2 Å². The Labute approximate surface area is 126 Å². The van der Waals surface area contributed by atoms with Gasteiger partial charge in [0.15, 0.2) is 0 Å². The Hall–Kier alpha value is -2.24. The molecule has 2 nitrogen and oxygen atoms in total. The predicted octanol–water partition coefficient (Wildman–Crippen LogP) is 3.73. The Morgan fingerprint density at radius 3 is 2.52 bits per heavy atom. The summed E-state index contributed by atoms with van der Waals surface area (Å²) in [5, 5.41) is 8.71. The van der Waals surface area contributed by atoms with E-state index >= 15 is 0 Å². The maximum atomic E-state index is 8.71. The summed E-state index contributed by atoms with van der Waals surface area (Å²) < 4.78 is 5.79. The normalized spacial score (nSPS) is 10.1. The molecule has 0 aliphatic carbocycles. The number of aliphatic hydroxyl groups is 1. The fourth-order valence-electron chi connectivity index (χ4n) is 2.00. The van der Waals surface area contributed by atoms with E-state index in [0.29, 0.717) is 12.5 Å². The molecule has 2 rings (SSSR count). The van der Waals surface area contributed by atoms with Crippen molar-refractivity contribution < 1.29 is 9.84 Å². The van der Waals surface area contributed by atoms with Crippen LogP contribution in [-0.4, -0.2) is 11.7 Å². The molecule has 0 amide bonds. The maximum absolute atomic E-state index is 8.71. The standard InChI is InChI=1S/C19H20O2/c1-15(2)18-8-10-19(11-9-18)21-14-17-6-3-5-16(13-17)7-4-12-20/h3,5-6,8-11,13,15,20H,12,14H2,1-2H3. The van der Waals surface area contributed by atoms with E-state index in [1.807, 2.05) is 36.4 Å². The molecule has 0 fully saturated rings. The summed E-state index contributed by atoms with van der Waals surface area (Å²) in [7, 11) is 0. The number of aliphatic hydroxyl groups excluding tert-OH is 1. The topological polar surface area (TPSA) is 29.5 Å². The molecule has 2 heteroatoms. The SMILES string of the molecule is CC(C)c1ccc(OCc2cccc(C#CCO)c2)cc1. The number of hydrogen-bond donors (Lipinski definition) is 1. The fraction of sp³-hybridized carbons (Fsp3) is 0.263. The van der Waals surface area contributed by atoms with Gasteiger partial charge in [0, 0.05) is 5.56 Å². The summed E-state index contributed by atoms with van der Waals surface area (Å²) in [4.78, 5) is 0. The van der Waals surface area contributed by atoms with Crippen LogP contribution >= 0.6 is 0 Å². The second kappa shape index (κ2) is 7.52. The fourth-order valence-corrected chi connectivity index (χ4v) is 2.00. The van der Waals surface area contributed by atoms with Crippen molar-refractivity contribution in [3.8, 4) is 17.6 Å². The van der Waals surface area contributed by atoms with Crippen molar-refractivity contribution in [2.24, 2.45) is 0 Å². The Morgan fingerprint density at radius 2 is 1.86 bits per heavy atom. The first-order valence-electron chi connectivity index (χ1n) is 7.10. The van der Waals surface area contributed by atoms with Gasteiger partial charge in [-0.15, -0.1) is 0 Å². The van der Waals surface area contributed by atoms with Crippen LogP contribution in [0.5, 0.6) is 5.75 Å². The second-order valence-corrected chi connectivity index (χ2v) is 5.17. The quantitative estimate of drug-likeness (QED) is 0.865. The lowest BCUT2D eigenvalue weighted by molar-refractivity contribution is 0.306. The van der Waals surface area contributed by atoms with E-state index in [-0.39, 0.29) is 6.61 Å². The lowest BCUT2D eigenvalue weighted by Gasteiger charge is -2.09. The number of ether oxygens (including phenoxy) is 1. The van der Waals surface area contributed by atoms with Crippen molar-refractivity contribution in [1.29, 1.82) is 0 Å². The minimum absolute atomic E-state index is 0.122. The Bertz CT molecular complexity index is 631. The summed E-state index contributed by atoms with van der Waals surface area (Å²) in [6, 6.07) is 16.1. The van der Waals surface area contributed by atoms with Crippen molar-refractivity contribution in [2.75, 3.05) is 6.61 Å². The molecule has 0 saturated carbocycles. The molecule has 0 heterocycles. The molecule has 0 aromatic heterocycles. The van der Waals surface area contributed by atoms with Gasteiger partial charge in [-0.25, -0.2) is 0 Å². The van der Waals surface area contributed by atoms with E-state index in [1.54, 1.807) is 0 Å². The molecule has 0 aliphatic rings. The van der Waals surface area contributed by atoms with Crippen LogP contribution in [0, 0.1) is 11.8 Å². The number of hydrogen-bond acceptors (Lipinski definition) is 2. The van der Waals surface area contributed by atoms with E-state index in [9.17, 15) is 0 Å². The summed E-state index contributed by atoms with van der Waals surface area (Å²) in [6.07, 6.45) is 0. The van der Waals surface area contributed by atoms with E-state index < -0.39 is 0 Å². The number of benzene rings is 2. The first-order chi connectivity index (χ1) is 10.2. The van der Waals surface area contributed by atoms with Crippen molar-refractivity contribution in [2.45, 2.75) is 26.4 Å². The van der Waals surface area contributed by atoms with Gasteiger partial charge < -0.3 is 9.84 Å². The average molecular weight is 280 g/mol. The van der Waals surface area contributed by atoms with Crippen molar-refractivity contribution >= 4 is 0 Å². The molecular formula is C19H20O2. The van der Waals surface area contributed by atoms with Crippen molar-refractivity contribution in [1.82, 2.24) is 0 Å². The predicted molar refractivity (Wildman–Crippen MR) is 85.3 cm³/mol. The zero-order chi connectivity index (χ0) is 15.1. The van der Waals surface area contributed by atoms with Crippen LogP contribution in [0.15, 0.2) is 48.5 Å². The van der Waals surface area contributed by atoms with Crippen LogP contribution in [0.2, 0.25) is 0 Å². The van der Waals surface area contributed by atoms with Gasteiger partial charge in [-0.05, 0) is 41.3 Å². The molecule has 0 saturated heterocycles. The van der Waals surface area contributed by atoms with E-state index in [0.717, 1.165) is 16.9 Å². The average Bonchev–Trinajstić information content (AvgIpc) is 2.52. The number of rotatable bonds is 4. The van der Waals surface area contributed by atoms with Crippen molar-refractivity contribution in [3.63, 3.8) is 0 Å². The molecule has 0 radical (unpaired) electrons. The van der Waals surface area contributed by atoms with E-state index in [4.69, 9.17) is 9.84 Å². The third-order valence-electron chi connectivity index (χ3n) is 3.19. The van der Waals surface area contributed by atoms with Crippen LogP contribution in [0.1, 0.15) is 36.5 Å². The highest BCUT2D eigenvalue weighted by atomic mass is 16.5. The Kier molecular flexibility index (Phi) is 5.43. The highest BCUT2D eigenvalue weighted by Gasteiger charge is 2.00. The van der Waals surface area contributed by atoms with Gasteiger partial charge in [0.1, 0.15) is 19.0 Å². The second-order valence-electron chi connectivity index (χ2n) is 5.17. The monoisotopic (exact) mass is 280 g/mol. The zero-order valence-electron chi connectivity index (χ0n) is 12.5. The summed E-state index contributed by atoms with van der Waals surface area (Å²) in [6.45, 7) is 4.74. The third kappa shape index (κ3) is 4.66. The minimum atomic E-state index is -0.122. The third-order valence-corrected chi connectivity index (χ3v) is 3.19. The largest absolute Gasteiger partial charge is 0.489 e. The molecule has 0 atom stereocenters. The van der Waals surface area contributed by atoms with Crippen LogP contribution in [-0.2, 0) is 6.61 Å². The lowest BCUT2D eigenvalue weighted by Crippen LogP contribution is -1.96. The van der Waals surface area contributed by atoms with Gasteiger partial charge in [-0.3, -0.25) is 0 Å². The smallest absolute Gasteiger partial charge is 0.119 e. The summed E-state index contributed by atoms with van der Waals surface area (Å²) in [5.74, 6) is 6.94. The lowest BCUT2D eigenvalue weighted by atomic mass is 10.0. The van der Waals surface area contributed by atoms with Gasteiger partial charge in [-0.2, -0.15) is 0 Å². The van der Waals surface area contributed by atoms with Gasteiger partial charge in [0.25, 0.3) is 0 Å². The molecular weight excluding hydrogens is 260 g/mol. The van der Waals surface area contributed by atoms with Crippen LogP contribution in [0.3, 0.4) is 0 Å². The van der Waals surface area contributed by atoms with E-state index in [2.05, 4.69) is 37.8 Å². The molecule has 1 N–H and O–H groups in total. The van der Waals surface area contributed by atoms with Gasteiger partial charge in [0.05, 0.1) is 0 Å². The van der Waals surface area contributed by atoms with Crippen LogP contribution in [0.25, 0.3) is 0 Å². The minimum Gasteiger partial charge on any atom is -0.489 e. The molecule has 21 heavy (non-hydrogen) atoms. The van der Waals surface area contributed by atoms with Crippen LogP contribution in [0.4, 0.5) is 0 Å². The highest BCUT2D eigenvalue weighted by Crippen LogP contribution is 2.19.